The van der Waals surface area contributed by atoms with Gasteiger partial charge in [-0.05, 0) is 111 Å². The zero-order valence-corrected chi connectivity index (χ0v) is 38.9. The Hall–Kier alpha value is -4.33. The van der Waals surface area contributed by atoms with E-state index in [1.54, 1.807) is 25.3 Å². The topological polar surface area (TPSA) is 87.0 Å². The Kier molecular flexibility index (Phi) is 13.0. The van der Waals surface area contributed by atoms with Crippen LogP contribution < -0.4 is 14.4 Å². The third-order valence-electron chi connectivity index (χ3n) is 14.0. The van der Waals surface area contributed by atoms with Crippen LogP contribution in [0.3, 0.4) is 0 Å². The number of nitriles is 1. The molecule has 0 saturated carbocycles. The van der Waals surface area contributed by atoms with Gasteiger partial charge in [0.05, 0.1) is 23.6 Å². The van der Waals surface area contributed by atoms with Gasteiger partial charge in [0.15, 0.2) is 12.6 Å². The van der Waals surface area contributed by atoms with Gasteiger partial charge >= 0.3 is 6.01 Å². The number of nitrogens with zero attached hydrogens (tertiary/aromatic N) is 6. The smallest absolute Gasteiger partial charge is 0.319 e. The number of hydrogen-bond acceptors (Lipinski definition) is 9. The molecular weight excluding hydrogens is 787 g/mol. The summed E-state index contributed by atoms with van der Waals surface area (Å²) in [4.78, 5) is 16.9. The molecule has 4 aromatic rings. The van der Waals surface area contributed by atoms with Gasteiger partial charge in [-0.2, -0.15) is 15.2 Å². The molecule has 0 radical (unpaired) electrons. The lowest BCUT2D eigenvalue weighted by Gasteiger charge is -2.47. The fourth-order valence-corrected chi connectivity index (χ4v) is 16.3. The van der Waals surface area contributed by atoms with E-state index in [1.165, 1.54) is 6.07 Å². The highest BCUT2D eigenvalue weighted by Gasteiger charge is 2.45. The van der Waals surface area contributed by atoms with Crippen LogP contribution in [0.1, 0.15) is 100.0 Å². The van der Waals surface area contributed by atoms with E-state index in [0.717, 1.165) is 38.8 Å². The Bertz CT molecular complexity index is 2330. The molecule has 1 atom stereocenters. The minimum absolute atomic E-state index is 0.0181. The van der Waals surface area contributed by atoms with Crippen molar-refractivity contribution >= 4 is 35.6 Å². The number of halogens is 2. The number of rotatable bonds is 12. The molecule has 0 unspecified atom stereocenters. The lowest BCUT2D eigenvalue weighted by Crippen LogP contribution is -2.59. The predicted octanol–water partition coefficient (Wildman–Crippen LogP) is 10.5. The van der Waals surface area contributed by atoms with E-state index in [4.69, 9.17) is 24.2 Å². The molecule has 326 valence electrons. The van der Waals surface area contributed by atoms with Gasteiger partial charge in [0.25, 0.3) is 0 Å². The molecule has 4 heterocycles. The van der Waals surface area contributed by atoms with Crippen molar-refractivity contribution in [2.75, 3.05) is 58.1 Å². The molecule has 61 heavy (non-hydrogen) atoms. The van der Waals surface area contributed by atoms with E-state index < -0.39 is 19.7 Å². The van der Waals surface area contributed by atoms with E-state index in [1.807, 2.05) is 12.1 Å². The van der Waals surface area contributed by atoms with Crippen molar-refractivity contribution < 1.29 is 23.0 Å². The summed E-state index contributed by atoms with van der Waals surface area (Å²) in [6.45, 7) is 24.3. The summed E-state index contributed by atoms with van der Waals surface area (Å²) in [6, 6.07) is 12.8. The summed E-state index contributed by atoms with van der Waals surface area (Å²) >= 11 is 0. The quantitative estimate of drug-likeness (QED) is 0.0786. The molecule has 0 bridgehead atoms. The highest BCUT2D eigenvalue weighted by atomic mass is 28.3. The molecule has 0 amide bonds. The van der Waals surface area contributed by atoms with Gasteiger partial charge in [0.2, 0.25) is 0 Å². The number of hydrogen-bond donors (Lipinski definition) is 0. The zero-order valence-electron chi connectivity index (χ0n) is 37.9. The Morgan fingerprint density at radius 1 is 0.902 bits per heavy atom. The molecular formula is C49H64F2N6O3Si. The molecule has 3 saturated heterocycles. The van der Waals surface area contributed by atoms with E-state index in [-0.39, 0.29) is 46.6 Å². The molecule has 3 aliphatic heterocycles. The van der Waals surface area contributed by atoms with Crippen LogP contribution >= 0.6 is 0 Å². The highest BCUT2D eigenvalue weighted by molar-refractivity contribution is 6.90. The van der Waals surface area contributed by atoms with Crippen molar-refractivity contribution in [1.29, 1.82) is 5.26 Å². The first-order valence-electron chi connectivity index (χ1n) is 22.2. The third-order valence-corrected chi connectivity index (χ3v) is 20.3. The Balaban J connectivity index is 1.43. The molecule has 0 N–H and O–H groups in total. The molecule has 3 aromatic carbocycles. The van der Waals surface area contributed by atoms with Gasteiger partial charge in [-0.15, -0.1) is 5.54 Å². The standard InChI is InChI=1S/C49H64F2N6O3Si/c1-32(2)61(33(3)4,34(5)6)26-18-39-42(50)16-13-35-27-37(60-31-58-10)28-41(43(35)39)38-14-15-40-45(44(38)51)53-47(59-30-49-19-11-22-56(49)23-12-20-49)54-46(40)55-24-25-57(48(7,8)9)36(29-55)17-21-52/h13-16,27-28,32-34,36H,11-12,17,19-20,22-25,29-31H2,1-10H3/t36-/m0/s1. The molecule has 3 aliphatic rings. The van der Waals surface area contributed by atoms with E-state index in [2.05, 4.69) is 94.5 Å². The molecule has 3 fully saturated rings. The van der Waals surface area contributed by atoms with Crippen LogP contribution in [0.4, 0.5) is 14.6 Å². The second-order valence-electron chi connectivity index (χ2n) is 19.4. The summed E-state index contributed by atoms with van der Waals surface area (Å²) < 4.78 is 52.0. The summed E-state index contributed by atoms with van der Waals surface area (Å²) in [5.41, 5.74) is 5.57. The van der Waals surface area contributed by atoms with Gasteiger partial charge in [-0.3, -0.25) is 9.80 Å². The number of ether oxygens (including phenoxy) is 3. The van der Waals surface area contributed by atoms with Gasteiger partial charge < -0.3 is 19.1 Å². The Morgan fingerprint density at radius 2 is 1.61 bits per heavy atom. The van der Waals surface area contributed by atoms with Crippen molar-refractivity contribution in [3.05, 3.63) is 53.6 Å². The number of aromatic nitrogens is 2. The number of methoxy groups -OCH3 is 1. The van der Waals surface area contributed by atoms with Crippen LogP contribution in [0.2, 0.25) is 16.6 Å². The summed E-state index contributed by atoms with van der Waals surface area (Å²) in [5, 5.41) is 11.6. The maximum absolute atomic E-state index is 17.9. The van der Waals surface area contributed by atoms with Crippen LogP contribution in [0.15, 0.2) is 36.4 Å². The Labute approximate surface area is 362 Å². The maximum Gasteiger partial charge on any atom is 0.319 e. The van der Waals surface area contributed by atoms with Crippen molar-refractivity contribution in [3.8, 4) is 40.4 Å². The molecule has 1 aromatic heterocycles. The van der Waals surface area contributed by atoms with Gasteiger partial charge in [0.1, 0.15) is 37.6 Å². The second-order valence-corrected chi connectivity index (χ2v) is 25.0. The number of fused-ring (bicyclic) bond motifs is 3. The average Bonchev–Trinajstić information content (AvgIpc) is 3.80. The lowest BCUT2D eigenvalue weighted by atomic mass is 9.93. The molecule has 0 spiro atoms. The molecule has 7 rings (SSSR count). The predicted molar refractivity (Wildman–Crippen MR) is 244 cm³/mol. The third kappa shape index (κ3) is 8.46. The van der Waals surface area contributed by atoms with E-state index >= 15 is 8.78 Å². The first-order valence-corrected chi connectivity index (χ1v) is 24.5. The van der Waals surface area contributed by atoms with Crippen molar-refractivity contribution in [3.63, 3.8) is 0 Å². The first kappa shape index (κ1) is 44.7. The van der Waals surface area contributed by atoms with Crippen LogP contribution in [-0.2, 0) is 4.74 Å². The van der Waals surface area contributed by atoms with Crippen LogP contribution in [0.25, 0.3) is 32.8 Å². The molecule has 0 aliphatic carbocycles. The first-order chi connectivity index (χ1) is 29.0. The molecule has 9 nitrogen and oxygen atoms in total. The lowest BCUT2D eigenvalue weighted by molar-refractivity contribution is 0.0512. The van der Waals surface area contributed by atoms with Gasteiger partial charge in [-0.1, -0.05) is 59.6 Å². The molecule has 12 heteroatoms. The largest absolute Gasteiger partial charge is 0.468 e. The highest BCUT2D eigenvalue weighted by Crippen LogP contribution is 2.44. The summed E-state index contributed by atoms with van der Waals surface area (Å²) in [6.07, 6.45) is 4.67. The summed E-state index contributed by atoms with van der Waals surface area (Å²) in [5.74, 6) is 3.39. The van der Waals surface area contributed by atoms with Gasteiger partial charge in [-0.25, -0.2) is 8.78 Å². The fraction of sp³-hybridized carbons (Fsp3) is 0.571. The van der Waals surface area contributed by atoms with Crippen molar-refractivity contribution in [2.24, 2.45) is 0 Å². The average molecular weight is 851 g/mol. The minimum atomic E-state index is -2.28. The van der Waals surface area contributed by atoms with Crippen LogP contribution in [0, 0.1) is 34.4 Å². The number of benzene rings is 3. The van der Waals surface area contributed by atoms with E-state index in [9.17, 15) is 5.26 Å². The summed E-state index contributed by atoms with van der Waals surface area (Å²) in [7, 11) is -0.734. The van der Waals surface area contributed by atoms with Crippen molar-refractivity contribution in [1.82, 2.24) is 19.8 Å². The zero-order chi connectivity index (χ0) is 43.9. The van der Waals surface area contributed by atoms with Crippen molar-refractivity contribution in [2.45, 2.75) is 128 Å². The number of anilines is 1. The Morgan fingerprint density at radius 3 is 2.25 bits per heavy atom. The minimum Gasteiger partial charge on any atom is -0.468 e. The second kappa shape index (κ2) is 17.8. The van der Waals surface area contributed by atoms with E-state index in [0.29, 0.717) is 82.6 Å². The fourth-order valence-electron chi connectivity index (χ4n) is 11.1. The normalized spacial score (nSPS) is 18.6. The SMILES string of the molecule is COCOc1cc(-c2ccc3c(N4CCN(C(C)(C)C)[C@@H](CC#N)C4)nc(OCC45CCCN4CCC5)nc3c2F)c2c(C#C[Si](C(C)C)(C(C)C)C(C)C)c(F)ccc2c1. The maximum atomic E-state index is 17.9. The van der Waals surface area contributed by atoms with Crippen LogP contribution in [-0.4, -0.2) is 98.2 Å². The number of piperazine rings is 1. The monoisotopic (exact) mass is 850 g/mol. The van der Waals surface area contributed by atoms with Crippen LogP contribution in [0.5, 0.6) is 11.8 Å². The van der Waals surface area contributed by atoms with Gasteiger partial charge in [0, 0.05) is 54.7 Å².